The molecule has 1 amide bonds. The standard InChI is InChI=1S/C24H33ClN4O.ClH/c1-26-15-6-16-29(2)21-12-9-18-20(27-21)11-10-19(25)22(18)28-23(30)24(13-14-24)17-7-4-3-5-8-17;/h9-12,17,26H,3-8,13-16H2,1-2H3,(H,28,30);1H. The fraction of sp³-hybridized carbons (Fsp3) is 0.583. The van der Waals surface area contributed by atoms with Gasteiger partial charge in [0, 0.05) is 19.0 Å². The van der Waals surface area contributed by atoms with E-state index in [1.54, 1.807) is 0 Å². The van der Waals surface area contributed by atoms with Crippen LogP contribution in [0.2, 0.25) is 5.02 Å². The molecule has 2 aliphatic carbocycles. The van der Waals surface area contributed by atoms with E-state index >= 15 is 0 Å². The summed E-state index contributed by atoms with van der Waals surface area (Å²) in [5.74, 6) is 1.60. The molecule has 0 spiro atoms. The van der Waals surface area contributed by atoms with Gasteiger partial charge in [0.25, 0.3) is 0 Å². The van der Waals surface area contributed by atoms with Crippen LogP contribution in [0.3, 0.4) is 0 Å². The molecule has 0 aliphatic heterocycles. The molecule has 2 N–H and O–H groups in total. The van der Waals surface area contributed by atoms with Crippen molar-refractivity contribution in [2.24, 2.45) is 11.3 Å². The van der Waals surface area contributed by atoms with Crippen molar-refractivity contribution >= 4 is 52.3 Å². The molecular weight excluding hydrogens is 431 g/mol. The van der Waals surface area contributed by atoms with Crippen LogP contribution in [-0.4, -0.2) is 38.1 Å². The number of rotatable bonds is 8. The number of halogens is 2. The van der Waals surface area contributed by atoms with Gasteiger partial charge in [-0.1, -0.05) is 30.9 Å². The Labute approximate surface area is 196 Å². The number of carbonyl (C=O) groups is 1. The summed E-state index contributed by atoms with van der Waals surface area (Å²) >= 11 is 6.53. The van der Waals surface area contributed by atoms with E-state index in [0.29, 0.717) is 16.6 Å². The Morgan fingerprint density at radius 2 is 1.94 bits per heavy atom. The molecule has 0 unspecified atom stereocenters. The normalized spacial score (nSPS) is 17.8. The second-order valence-electron chi connectivity index (χ2n) is 8.98. The van der Waals surface area contributed by atoms with Gasteiger partial charge in [-0.15, -0.1) is 12.4 Å². The van der Waals surface area contributed by atoms with Crippen LogP contribution in [0.15, 0.2) is 24.3 Å². The zero-order valence-corrected chi connectivity index (χ0v) is 20.1. The van der Waals surface area contributed by atoms with Crippen LogP contribution in [0, 0.1) is 11.3 Å². The third-order valence-corrected chi connectivity index (χ3v) is 7.30. The van der Waals surface area contributed by atoms with E-state index in [2.05, 4.69) is 22.6 Å². The molecule has 170 valence electrons. The minimum atomic E-state index is -0.174. The molecule has 2 aliphatic rings. The minimum absolute atomic E-state index is 0. The highest BCUT2D eigenvalue weighted by Crippen LogP contribution is 2.57. The van der Waals surface area contributed by atoms with E-state index in [-0.39, 0.29) is 23.7 Å². The van der Waals surface area contributed by atoms with Crippen LogP contribution in [0.25, 0.3) is 10.9 Å². The first-order chi connectivity index (χ1) is 14.5. The zero-order valence-electron chi connectivity index (χ0n) is 18.5. The summed E-state index contributed by atoms with van der Waals surface area (Å²) in [7, 11) is 4.03. The maximum absolute atomic E-state index is 13.3. The molecule has 31 heavy (non-hydrogen) atoms. The molecule has 2 saturated carbocycles. The second kappa shape index (κ2) is 10.4. The number of fused-ring (bicyclic) bond motifs is 1. The molecule has 2 aromatic rings. The summed E-state index contributed by atoms with van der Waals surface area (Å²) in [6, 6.07) is 7.83. The average Bonchev–Trinajstić information content (AvgIpc) is 3.58. The fourth-order valence-electron chi connectivity index (χ4n) is 4.96. The van der Waals surface area contributed by atoms with Crippen molar-refractivity contribution < 1.29 is 4.79 Å². The third-order valence-electron chi connectivity index (χ3n) is 6.98. The van der Waals surface area contributed by atoms with Crippen LogP contribution >= 0.6 is 24.0 Å². The smallest absolute Gasteiger partial charge is 0.230 e. The van der Waals surface area contributed by atoms with Gasteiger partial charge >= 0.3 is 0 Å². The minimum Gasteiger partial charge on any atom is -0.360 e. The average molecular weight is 465 g/mol. The monoisotopic (exact) mass is 464 g/mol. The molecule has 5 nitrogen and oxygen atoms in total. The van der Waals surface area contributed by atoms with Gasteiger partial charge in [-0.2, -0.15) is 0 Å². The maximum Gasteiger partial charge on any atom is 0.230 e. The highest BCUT2D eigenvalue weighted by atomic mass is 35.5. The molecule has 4 rings (SSSR count). The Balaban J connectivity index is 0.00000272. The first-order valence-corrected chi connectivity index (χ1v) is 11.7. The maximum atomic E-state index is 13.3. The summed E-state index contributed by atoms with van der Waals surface area (Å²) in [5.41, 5.74) is 1.39. The number of aromatic nitrogens is 1. The summed E-state index contributed by atoms with van der Waals surface area (Å²) in [6.07, 6.45) is 9.24. The van der Waals surface area contributed by atoms with Gasteiger partial charge in [-0.3, -0.25) is 4.79 Å². The third kappa shape index (κ3) is 5.10. The number of anilines is 2. The first-order valence-electron chi connectivity index (χ1n) is 11.3. The van der Waals surface area contributed by atoms with E-state index in [0.717, 1.165) is 49.1 Å². The van der Waals surface area contributed by atoms with Gasteiger partial charge in [0.15, 0.2) is 0 Å². The van der Waals surface area contributed by atoms with Gasteiger partial charge < -0.3 is 15.5 Å². The van der Waals surface area contributed by atoms with E-state index in [4.69, 9.17) is 16.6 Å². The SMILES string of the molecule is CNCCCN(C)c1ccc2c(NC(=O)C3(C4CCCCC4)CC3)c(Cl)ccc2n1.Cl. The van der Waals surface area contributed by atoms with E-state index < -0.39 is 0 Å². The lowest BCUT2D eigenvalue weighted by Crippen LogP contribution is -2.32. The highest BCUT2D eigenvalue weighted by Gasteiger charge is 2.55. The molecule has 0 bridgehead atoms. The number of benzene rings is 1. The number of pyridine rings is 1. The van der Waals surface area contributed by atoms with Crippen LogP contribution in [0.1, 0.15) is 51.4 Å². The fourth-order valence-corrected chi connectivity index (χ4v) is 5.17. The molecular formula is C24H34Cl2N4O. The lowest BCUT2D eigenvalue weighted by molar-refractivity contribution is -0.123. The van der Waals surface area contributed by atoms with Gasteiger partial charge in [0.2, 0.25) is 5.91 Å². The van der Waals surface area contributed by atoms with Crippen molar-refractivity contribution in [1.29, 1.82) is 0 Å². The van der Waals surface area contributed by atoms with Crippen LogP contribution < -0.4 is 15.5 Å². The van der Waals surface area contributed by atoms with Crippen LogP contribution in [0.5, 0.6) is 0 Å². The summed E-state index contributed by atoms with van der Waals surface area (Å²) in [6.45, 7) is 1.91. The van der Waals surface area contributed by atoms with Crippen LogP contribution in [-0.2, 0) is 4.79 Å². The van der Waals surface area contributed by atoms with Crippen molar-refractivity contribution in [3.8, 4) is 0 Å². The topological polar surface area (TPSA) is 57.3 Å². The Hall–Kier alpha value is -1.56. The van der Waals surface area contributed by atoms with E-state index in [1.165, 1.54) is 32.1 Å². The number of carbonyl (C=O) groups excluding carboxylic acids is 1. The molecule has 1 aromatic heterocycles. The van der Waals surface area contributed by atoms with Gasteiger partial charge in [0.05, 0.1) is 21.6 Å². The Bertz CT molecular complexity index is 910. The molecule has 1 heterocycles. The van der Waals surface area contributed by atoms with Crippen molar-refractivity contribution in [3.05, 3.63) is 29.3 Å². The van der Waals surface area contributed by atoms with E-state index in [9.17, 15) is 4.79 Å². The second-order valence-corrected chi connectivity index (χ2v) is 9.39. The first kappa shape index (κ1) is 24.1. The van der Waals surface area contributed by atoms with Crippen molar-refractivity contribution in [2.45, 2.75) is 51.4 Å². The van der Waals surface area contributed by atoms with Crippen molar-refractivity contribution in [2.75, 3.05) is 37.4 Å². The lowest BCUT2D eigenvalue weighted by atomic mass is 9.77. The summed E-state index contributed by atoms with van der Waals surface area (Å²) in [5, 5.41) is 7.87. The van der Waals surface area contributed by atoms with Gasteiger partial charge in [-0.05, 0) is 75.9 Å². The lowest BCUT2D eigenvalue weighted by Gasteiger charge is -2.29. The van der Waals surface area contributed by atoms with Gasteiger partial charge in [0.1, 0.15) is 5.82 Å². The molecule has 1 aromatic carbocycles. The van der Waals surface area contributed by atoms with Crippen LogP contribution in [0.4, 0.5) is 11.5 Å². The molecule has 0 radical (unpaired) electrons. The number of nitrogens with one attached hydrogen (secondary N) is 2. The predicted molar refractivity (Wildman–Crippen MR) is 133 cm³/mol. The Morgan fingerprint density at radius 1 is 1.19 bits per heavy atom. The largest absolute Gasteiger partial charge is 0.360 e. The van der Waals surface area contributed by atoms with Crippen molar-refractivity contribution in [3.63, 3.8) is 0 Å². The number of amides is 1. The summed E-state index contributed by atoms with van der Waals surface area (Å²) in [4.78, 5) is 20.3. The number of nitrogens with zero attached hydrogens (tertiary/aromatic N) is 2. The molecule has 0 saturated heterocycles. The van der Waals surface area contributed by atoms with Gasteiger partial charge in [-0.25, -0.2) is 4.98 Å². The van der Waals surface area contributed by atoms with Crippen molar-refractivity contribution in [1.82, 2.24) is 10.3 Å². The Kier molecular flexibility index (Phi) is 8.06. The molecule has 0 atom stereocenters. The zero-order chi connectivity index (χ0) is 21.1. The quantitative estimate of drug-likeness (QED) is 0.495. The Morgan fingerprint density at radius 3 is 2.61 bits per heavy atom. The summed E-state index contributed by atoms with van der Waals surface area (Å²) < 4.78 is 0. The highest BCUT2D eigenvalue weighted by molar-refractivity contribution is 6.35. The number of hydrogen-bond donors (Lipinski definition) is 2. The molecule has 7 heteroatoms. The predicted octanol–water partition coefficient (Wildman–Crippen LogP) is 5.65. The number of hydrogen-bond acceptors (Lipinski definition) is 4. The molecule has 2 fully saturated rings. The van der Waals surface area contributed by atoms with E-state index in [1.807, 2.05) is 31.3 Å².